The van der Waals surface area contributed by atoms with Crippen LogP contribution in [-0.2, 0) is 17.7 Å². The summed E-state index contributed by atoms with van der Waals surface area (Å²) in [7, 11) is 0. The number of rotatable bonds is 3. The molecule has 1 aromatic heterocycles. The second-order valence-corrected chi connectivity index (χ2v) is 7.51. The lowest BCUT2D eigenvalue weighted by Gasteiger charge is -2.36. The lowest BCUT2D eigenvalue weighted by molar-refractivity contribution is 0.122. The van der Waals surface area contributed by atoms with Crippen LogP contribution in [0.25, 0.3) is 0 Å². The predicted molar refractivity (Wildman–Crippen MR) is 96.4 cm³/mol. The molecule has 0 N–H and O–H groups in total. The molecule has 4 heterocycles. The fraction of sp³-hybridized carbons (Fsp3) is 0.500. The molecule has 5 rings (SSSR count). The van der Waals surface area contributed by atoms with E-state index in [9.17, 15) is 8.78 Å². The molecule has 2 fully saturated rings. The average Bonchev–Trinajstić information content (AvgIpc) is 2.97. The van der Waals surface area contributed by atoms with E-state index >= 15 is 0 Å². The first-order valence-electron chi connectivity index (χ1n) is 9.58. The highest BCUT2D eigenvalue weighted by Gasteiger charge is 2.41. The molecule has 142 valence electrons. The fourth-order valence-electron chi connectivity index (χ4n) is 4.59. The van der Waals surface area contributed by atoms with Gasteiger partial charge in [0.25, 0.3) is 0 Å². The molecular formula is C20H22F2N4O. The lowest BCUT2D eigenvalue weighted by atomic mass is 9.98. The highest BCUT2D eigenvalue weighted by atomic mass is 19.2. The SMILES string of the molecule is Fc1cccc(CN2[C@@H]3CC[C@@H]2c2cnc(N4CCOCC4)nc2C3)c1F. The molecule has 0 spiro atoms. The molecule has 0 amide bonds. The lowest BCUT2D eigenvalue weighted by Crippen LogP contribution is -2.40. The first-order valence-corrected chi connectivity index (χ1v) is 9.58. The van der Waals surface area contributed by atoms with Crippen molar-refractivity contribution in [2.45, 2.75) is 37.9 Å². The van der Waals surface area contributed by atoms with Crippen molar-refractivity contribution in [2.24, 2.45) is 0 Å². The Morgan fingerprint density at radius 1 is 1.15 bits per heavy atom. The highest BCUT2D eigenvalue weighted by molar-refractivity contribution is 5.37. The summed E-state index contributed by atoms with van der Waals surface area (Å²) >= 11 is 0. The molecule has 27 heavy (non-hydrogen) atoms. The van der Waals surface area contributed by atoms with Gasteiger partial charge in [-0.2, -0.15) is 0 Å². The van der Waals surface area contributed by atoms with Gasteiger partial charge >= 0.3 is 0 Å². The van der Waals surface area contributed by atoms with Crippen molar-refractivity contribution in [1.29, 1.82) is 0 Å². The van der Waals surface area contributed by atoms with Crippen LogP contribution in [-0.4, -0.2) is 47.2 Å². The van der Waals surface area contributed by atoms with E-state index in [2.05, 4.69) is 14.8 Å². The standard InChI is InChI=1S/C20H22F2N4O/c21-16-3-1-2-13(19(16)22)12-26-14-4-5-18(26)15-11-23-20(24-17(15)10-14)25-6-8-27-9-7-25/h1-3,11,14,18H,4-10,12H2/t14-,18-/m1/s1. The smallest absolute Gasteiger partial charge is 0.225 e. The minimum atomic E-state index is -0.782. The van der Waals surface area contributed by atoms with E-state index in [4.69, 9.17) is 9.72 Å². The summed E-state index contributed by atoms with van der Waals surface area (Å²) in [5.74, 6) is -0.738. The number of hydrogen-bond acceptors (Lipinski definition) is 5. The molecule has 1 aromatic carbocycles. The number of morpholine rings is 1. The summed E-state index contributed by atoms with van der Waals surface area (Å²) < 4.78 is 33.1. The van der Waals surface area contributed by atoms with Gasteiger partial charge in [0.2, 0.25) is 5.95 Å². The summed E-state index contributed by atoms with van der Waals surface area (Å²) in [4.78, 5) is 13.9. The zero-order valence-corrected chi connectivity index (χ0v) is 15.1. The fourth-order valence-corrected chi connectivity index (χ4v) is 4.59. The number of nitrogens with zero attached hydrogens (tertiary/aromatic N) is 4. The van der Waals surface area contributed by atoms with Gasteiger partial charge in [0.15, 0.2) is 11.6 Å². The first kappa shape index (κ1) is 17.0. The van der Waals surface area contributed by atoms with Crippen LogP contribution >= 0.6 is 0 Å². The number of ether oxygens (including phenoxy) is 1. The first-order chi connectivity index (χ1) is 13.2. The second kappa shape index (κ2) is 6.80. The third-order valence-corrected chi connectivity index (χ3v) is 6.00. The number of aromatic nitrogens is 2. The van der Waals surface area contributed by atoms with Gasteiger partial charge in [-0.15, -0.1) is 0 Å². The normalized spacial score (nSPS) is 24.9. The number of halogens is 2. The predicted octanol–water partition coefficient (Wildman–Crippen LogP) is 2.85. The Kier molecular flexibility index (Phi) is 4.28. The quantitative estimate of drug-likeness (QED) is 0.829. The van der Waals surface area contributed by atoms with Gasteiger partial charge < -0.3 is 9.64 Å². The Hall–Kier alpha value is -2.12. The van der Waals surface area contributed by atoms with Crippen LogP contribution in [0.2, 0.25) is 0 Å². The Morgan fingerprint density at radius 2 is 2.00 bits per heavy atom. The summed E-state index contributed by atoms with van der Waals surface area (Å²) in [6, 6.07) is 4.91. The van der Waals surface area contributed by atoms with Crippen molar-refractivity contribution >= 4 is 5.95 Å². The van der Waals surface area contributed by atoms with Gasteiger partial charge in [0.05, 0.1) is 18.9 Å². The Labute approximate surface area is 157 Å². The number of anilines is 1. The van der Waals surface area contributed by atoms with Crippen molar-refractivity contribution in [2.75, 3.05) is 31.2 Å². The van der Waals surface area contributed by atoms with Crippen LogP contribution in [0.1, 0.15) is 35.7 Å². The Bertz CT molecular complexity index is 856. The van der Waals surface area contributed by atoms with E-state index in [-0.39, 0.29) is 6.04 Å². The van der Waals surface area contributed by atoms with Gasteiger partial charge in [-0.1, -0.05) is 12.1 Å². The van der Waals surface area contributed by atoms with E-state index in [0.717, 1.165) is 49.6 Å². The Morgan fingerprint density at radius 3 is 2.85 bits per heavy atom. The van der Waals surface area contributed by atoms with Crippen LogP contribution in [0.4, 0.5) is 14.7 Å². The van der Waals surface area contributed by atoms with Crippen molar-refractivity contribution in [3.63, 3.8) is 0 Å². The summed E-state index contributed by atoms with van der Waals surface area (Å²) in [6.07, 6.45) is 4.83. The minimum Gasteiger partial charge on any atom is -0.378 e. The zero-order valence-electron chi connectivity index (χ0n) is 15.1. The third kappa shape index (κ3) is 2.99. The van der Waals surface area contributed by atoms with Crippen molar-refractivity contribution in [1.82, 2.24) is 14.9 Å². The molecule has 2 saturated heterocycles. The molecule has 5 nitrogen and oxygen atoms in total. The molecular weight excluding hydrogens is 350 g/mol. The van der Waals surface area contributed by atoms with Gasteiger partial charge in [-0.3, -0.25) is 4.90 Å². The molecule has 2 atom stereocenters. The molecule has 0 unspecified atom stereocenters. The molecule has 3 aliphatic heterocycles. The van der Waals surface area contributed by atoms with Crippen molar-refractivity contribution in [3.8, 4) is 0 Å². The molecule has 2 bridgehead atoms. The average molecular weight is 372 g/mol. The highest BCUT2D eigenvalue weighted by Crippen LogP contribution is 2.44. The third-order valence-electron chi connectivity index (χ3n) is 6.00. The maximum absolute atomic E-state index is 14.1. The maximum atomic E-state index is 14.1. The van der Waals surface area contributed by atoms with Crippen LogP contribution in [0.5, 0.6) is 0 Å². The summed E-state index contributed by atoms with van der Waals surface area (Å²) in [5.41, 5.74) is 2.66. The van der Waals surface area contributed by atoms with Gasteiger partial charge in [0.1, 0.15) is 0 Å². The number of fused-ring (bicyclic) bond motifs is 4. The van der Waals surface area contributed by atoms with Crippen molar-refractivity contribution in [3.05, 3.63) is 52.9 Å². The summed E-state index contributed by atoms with van der Waals surface area (Å²) in [6.45, 7) is 3.47. The van der Waals surface area contributed by atoms with Crippen molar-refractivity contribution < 1.29 is 13.5 Å². The van der Waals surface area contributed by atoms with Crippen LogP contribution in [0.3, 0.4) is 0 Å². The molecule has 0 aliphatic carbocycles. The van der Waals surface area contributed by atoms with Crippen LogP contribution in [0, 0.1) is 11.6 Å². The maximum Gasteiger partial charge on any atom is 0.225 e. The minimum absolute atomic E-state index is 0.181. The monoisotopic (exact) mass is 372 g/mol. The van der Waals surface area contributed by atoms with Gasteiger partial charge in [-0.25, -0.2) is 18.7 Å². The van der Waals surface area contributed by atoms with Crippen LogP contribution in [0.15, 0.2) is 24.4 Å². The molecule has 3 aliphatic rings. The topological polar surface area (TPSA) is 41.5 Å². The summed E-state index contributed by atoms with van der Waals surface area (Å²) in [5, 5.41) is 0. The molecule has 0 radical (unpaired) electrons. The molecule has 2 aromatic rings. The number of benzene rings is 1. The Balaban J connectivity index is 1.41. The van der Waals surface area contributed by atoms with Crippen LogP contribution < -0.4 is 4.90 Å². The van der Waals surface area contributed by atoms with E-state index in [1.165, 1.54) is 6.07 Å². The van der Waals surface area contributed by atoms with E-state index in [0.29, 0.717) is 31.4 Å². The molecule has 0 saturated carbocycles. The van der Waals surface area contributed by atoms with Gasteiger partial charge in [-0.05, 0) is 18.9 Å². The molecule has 7 heteroatoms. The largest absolute Gasteiger partial charge is 0.378 e. The van der Waals surface area contributed by atoms with E-state index in [1.807, 2.05) is 6.20 Å². The second-order valence-electron chi connectivity index (χ2n) is 7.51. The van der Waals surface area contributed by atoms with E-state index < -0.39 is 11.6 Å². The van der Waals surface area contributed by atoms with Gasteiger partial charge in [0, 0.05) is 55.5 Å². The van der Waals surface area contributed by atoms with E-state index in [1.54, 1.807) is 12.1 Å². The number of hydrogen-bond donors (Lipinski definition) is 0. The zero-order chi connectivity index (χ0) is 18.4.